The Morgan fingerprint density at radius 2 is 0.965 bits per heavy atom. The first-order valence-electron chi connectivity index (χ1n) is 16.8. The highest BCUT2D eigenvalue weighted by atomic mass is 16.5. The van der Waals surface area contributed by atoms with E-state index in [0.29, 0.717) is 35.7 Å². The first kappa shape index (κ1) is 60.7. The van der Waals surface area contributed by atoms with Crippen LogP contribution in [-0.2, 0) is 21.4 Å². The highest BCUT2D eigenvalue weighted by molar-refractivity contribution is 5.89. The number of pyridine rings is 3. The second-order valence-electron chi connectivity index (χ2n) is 13.6. The van der Waals surface area contributed by atoms with Crippen molar-refractivity contribution >= 4 is 23.9 Å². The van der Waals surface area contributed by atoms with Gasteiger partial charge < -0.3 is 20.1 Å². The summed E-state index contributed by atoms with van der Waals surface area (Å²) in [5, 5.41) is 25.8. The first-order valence-corrected chi connectivity index (χ1v) is 16.8. The number of aromatic carboxylic acids is 2. The molecule has 4 rings (SSSR count). The number of carbonyl (C=O) groups excluding carboxylic acids is 1. The molecule has 57 heavy (non-hydrogen) atoms. The van der Waals surface area contributed by atoms with Gasteiger partial charge in [0.1, 0.15) is 5.82 Å². The number of hydrogen-bond donors (Lipinski definition) is 3. The smallest absolute Gasteiger partial charge is 0.339 e. The average molecular weight is 798 g/mol. The van der Waals surface area contributed by atoms with Crippen molar-refractivity contribution < 1.29 is 39.2 Å². The molecule has 13 nitrogen and oxygen atoms in total. The minimum Gasteiger partial charge on any atom is -0.481 e. The van der Waals surface area contributed by atoms with E-state index < -0.39 is 17.9 Å². The quantitative estimate of drug-likeness (QED) is 0.135. The fourth-order valence-electron chi connectivity index (χ4n) is 3.91. The van der Waals surface area contributed by atoms with Crippen molar-refractivity contribution in [2.45, 2.75) is 136 Å². The van der Waals surface area contributed by atoms with Crippen LogP contribution < -0.4 is 0 Å². The summed E-state index contributed by atoms with van der Waals surface area (Å²) in [5.41, 5.74) is 4.60. The standard InChI is InChI=1S/C11H15NO2.C10H13NO2.C9H12N2O2.C9H11NO2.5CH4/c1-4-14-11(13)10-5-9(8(2)3)6-12-7-10;1-7(2)9-3-8(4-10(12)13)5-11-6-9;1-9(2,3)8-10-4-6(5-11-8)7(12)13;1-6(2)7-3-8(9(11)12)5-10-4-7;;;;;/h5-8H,4H2,1-3H3;3,5-7H,4H2,1-2H3,(H,12,13);4-5H,1-3H3,(H,12,13);3-6H,1-2H3,(H,11,12);5*1H4. The summed E-state index contributed by atoms with van der Waals surface area (Å²) in [6, 6.07) is 5.38. The first-order chi connectivity index (χ1) is 24.3. The van der Waals surface area contributed by atoms with Gasteiger partial charge in [-0.25, -0.2) is 24.4 Å². The second kappa shape index (κ2) is 29.7. The number of hydrogen-bond acceptors (Lipinski definition) is 10. The maximum Gasteiger partial charge on any atom is 0.339 e. The Labute approximate surface area is 342 Å². The maximum atomic E-state index is 11.4. The highest BCUT2D eigenvalue weighted by Crippen LogP contribution is 2.18. The average Bonchev–Trinajstić information content (AvgIpc) is 3.09. The van der Waals surface area contributed by atoms with Gasteiger partial charge in [0.2, 0.25) is 0 Å². The van der Waals surface area contributed by atoms with Crippen LogP contribution >= 0.6 is 0 Å². The molecular weight excluding hydrogens is 727 g/mol. The molecule has 0 aliphatic carbocycles. The molecule has 4 aromatic heterocycles. The Bertz CT molecular complexity index is 1750. The third-order valence-electron chi connectivity index (χ3n) is 7.02. The minimum atomic E-state index is -1.000. The molecular formula is C44H71N5O8. The Morgan fingerprint density at radius 1 is 0.579 bits per heavy atom. The monoisotopic (exact) mass is 798 g/mol. The third-order valence-corrected chi connectivity index (χ3v) is 7.02. The van der Waals surface area contributed by atoms with Crippen molar-refractivity contribution in [3.8, 4) is 0 Å². The van der Waals surface area contributed by atoms with Gasteiger partial charge in [-0.15, -0.1) is 0 Å². The van der Waals surface area contributed by atoms with Crippen LogP contribution in [0.1, 0.15) is 183 Å². The van der Waals surface area contributed by atoms with E-state index in [9.17, 15) is 19.2 Å². The molecule has 4 aromatic rings. The maximum absolute atomic E-state index is 11.4. The zero-order valence-electron chi connectivity index (χ0n) is 31.6. The summed E-state index contributed by atoms with van der Waals surface area (Å²) in [6.07, 6.45) is 12.4. The lowest BCUT2D eigenvalue weighted by Gasteiger charge is -2.15. The zero-order chi connectivity index (χ0) is 39.6. The summed E-state index contributed by atoms with van der Waals surface area (Å²) >= 11 is 0. The Balaban J connectivity index is -0.000000205. The fourth-order valence-corrected chi connectivity index (χ4v) is 3.91. The van der Waals surface area contributed by atoms with E-state index in [4.69, 9.17) is 20.1 Å². The molecule has 13 heteroatoms. The van der Waals surface area contributed by atoms with Crippen LogP contribution in [0.15, 0.2) is 67.8 Å². The van der Waals surface area contributed by atoms with Gasteiger partial charge in [0.25, 0.3) is 0 Å². The molecule has 0 saturated heterocycles. The number of ether oxygens (including phenoxy) is 1. The lowest BCUT2D eigenvalue weighted by Crippen LogP contribution is -2.16. The fraction of sp³-hybridized carbons (Fsp3) is 0.477. The molecule has 0 bridgehead atoms. The van der Waals surface area contributed by atoms with Crippen LogP contribution in [-0.4, -0.2) is 70.7 Å². The molecule has 0 aromatic carbocycles. The Kier molecular flexibility index (Phi) is 31.6. The van der Waals surface area contributed by atoms with Crippen molar-refractivity contribution in [1.82, 2.24) is 24.9 Å². The van der Waals surface area contributed by atoms with Crippen LogP contribution in [0.5, 0.6) is 0 Å². The number of carbonyl (C=O) groups is 4. The van der Waals surface area contributed by atoms with Gasteiger partial charge in [-0.2, -0.15) is 0 Å². The normalized spacial score (nSPS) is 9.63. The molecule has 0 atom stereocenters. The molecule has 0 saturated carbocycles. The summed E-state index contributed by atoms with van der Waals surface area (Å²) < 4.78 is 4.88. The number of carboxylic acids is 3. The van der Waals surface area contributed by atoms with Crippen LogP contribution in [0.25, 0.3) is 0 Å². The van der Waals surface area contributed by atoms with Crippen molar-refractivity contribution in [1.29, 1.82) is 0 Å². The van der Waals surface area contributed by atoms with E-state index >= 15 is 0 Å². The van der Waals surface area contributed by atoms with E-state index in [2.05, 4.69) is 52.6 Å². The summed E-state index contributed by atoms with van der Waals surface area (Å²) in [5.74, 6) is -1.32. The van der Waals surface area contributed by atoms with E-state index in [-0.39, 0.29) is 66.1 Å². The number of aliphatic carboxylic acids is 1. The molecule has 0 spiro atoms. The molecule has 4 heterocycles. The van der Waals surface area contributed by atoms with Crippen molar-refractivity contribution in [2.75, 3.05) is 6.61 Å². The predicted molar refractivity (Wildman–Crippen MR) is 231 cm³/mol. The topological polar surface area (TPSA) is 203 Å². The lowest BCUT2D eigenvalue weighted by molar-refractivity contribution is -0.136. The second-order valence-corrected chi connectivity index (χ2v) is 13.6. The minimum absolute atomic E-state index is 0. The van der Waals surface area contributed by atoms with Crippen LogP contribution in [0.4, 0.5) is 0 Å². The van der Waals surface area contributed by atoms with Gasteiger partial charge in [-0.3, -0.25) is 19.7 Å². The van der Waals surface area contributed by atoms with Crippen molar-refractivity contribution in [3.05, 3.63) is 113 Å². The summed E-state index contributed by atoms with van der Waals surface area (Å²) in [7, 11) is 0. The lowest BCUT2D eigenvalue weighted by atomic mass is 9.96. The van der Waals surface area contributed by atoms with Crippen molar-refractivity contribution in [2.24, 2.45) is 0 Å². The molecule has 320 valence electrons. The van der Waals surface area contributed by atoms with Gasteiger partial charge in [0.05, 0.1) is 29.7 Å². The van der Waals surface area contributed by atoms with Crippen LogP contribution in [0.3, 0.4) is 0 Å². The molecule has 0 radical (unpaired) electrons. The SMILES string of the molecule is C.C.C.C.C.CC(C)(C)c1ncc(C(=O)O)cn1.CC(C)c1cncc(C(=O)O)c1.CC(C)c1cncc(CC(=O)O)c1.CCOC(=O)c1cncc(C(C)C)c1. The Hall–Kier alpha value is -5.59. The van der Waals surface area contributed by atoms with Crippen molar-refractivity contribution in [3.63, 3.8) is 0 Å². The van der Waals surface area contributed by atoms with E-state index in [1.807, 2.05) is 46.8 Å². The largest absolute Gasteiger partial charge is 0.481 e. The molecule has 3 N–H and O–H groups in total. The van der Waals surface area contributed by atoms with E-state index in [1.54, 1.807) is 37.8 Å². The van der Waals surface area contributed by atoms with Gasteiger partial charge in [-0.05, 0) is 59.1 Å². The number of nitrogens with zero attached hydrogens (tertiary/aromatic N) is 5. The van der Waals surface area contributed by atoms with Gasteiger partial charge in [0.15, 0.2) is 0 Å². The molecule has 0 fully saturated rings. The molecule has 0 aliphatic rings. The van der Waals surface area contributed by atoms with Gasteiger partial charge in [-0.1, -0.05) is 106 Å². The molecule has 0 amide bonds. The van der Waals surface area contributed by atoms with E-state index in [0.717, 1.165) is 22.3 Å². The van der Waals surface area contributed by atoms with E-state index in [1.165, 1.54) is 24.8 Å². The highest BCUT2D eigenvalue weighted by Gasteiger charge is 2.17. The van der Waals surface area contributed by atoms with Gasteiger partial charge >= 0.3 is 23.9 Å². The zero-order valence-corrected chi connectivity index (χ0v) is 31.6. The van der Waals surface area contributed by atoms with Gasteiger partial charge in [0, 0.05) is 55.0 Å². The van der Waals surface area contributed by atoms with Crippen LogP contribution in [0, 0.1) is 0 Å². The summed E-state index contributed by atoms with van der Waals surface area (Å²) in [6.45, 7) is 20.4. The third kappa shape index (κ3) is 23.2. The molecule has 0 unspecified atom stereocenters. The number of rotatable bonds is 9. The Morgan fingerprint density at radius 3 is 1.33 bits per heavy atom. The summed E-state index contributed by atoms with van der Waals surface area (Å²) in [4.78, 5) is 62.6. The number of carboxylic acid groups (broad SMARTS) is 3. The van der Waals surface area contributed by atoms with Crippen LogP contribution in [0.2, 0.25) is 0 Å². The molecule has 0 aliphatic heterocycles. The predicted octanol–water partition coefficient (Wildman–Crippen LogP) is 10.8. The number of esters is 1. The number of aromatic nitrogens is 5.